The second kappa shape index (κ2) is 8.10. The van der Waals surface area contributed by atoms with Crippen molar-refractivity contribution in [3.05, 3.63) is 54.2 Å². The van der Waals surface area contributed by atoms with Crippen molar-refractivity contribution in [1.29, 1.82) is 0 Å². The second-order valence-electron chi connectivity index (χ2n) is 7.54. The molecule has 0 bridgehead atoms. The summed E-state index contributed by atoms with van der Waals surface area (Å²) >= 11 is 0. The zero-order valence-electron chi connectivity index (χ0n) is 16.4. The molecule has 0 radical (unpaired) electrons. The number of rotatable bonds is 2. The number of nitrogens with zero attached hydrogens (tertiary/aromatic N) is 4. The highest BCUT2D eigenvalue weighted by Gasteiger charge is 2.49. The maximum absolute atomic E-state index is 13.8. The zero-order chi connectivity index (χ0) is 21.3. The first kappa shape index (κ1) is 19.8. The molecule has 2 N–H and O–H groups in total. The highest BCUT2D eigenvalue weighted by Crippen LogP contribution is 2.46. The van der Waals surface area contributed by atoms with Crippen LogP contribution in [0.3, 0.4) is 0 Å². The van der Waals surface area contributed by atoms with E-state index in [1.807, 2.05) is 23.2 Å². The van der Waals surface area contributed by atoms with Crippen molar-refractivity contribution < 1.29 is 19.1 Å². The maximum Gasteiger partial charge on any atom is 0.290 e. The van der Waals surface area contributed by atoms with E-state index in [1.165, 1.54) is 6.07 Å². The lowest BCUT2D eigenvalue weighted by atomic mass is 9.89. The summed E-state index contributed by atoms with van der Waals surface area (Å²) in [7, 11) is 0. The number of hydrogen-bond donors (Lipinski definition) is 2. The molecular weight excluding hydrogens is 389 g/mol. The number of fused-ring (bicyclic) bond motifs is 2. The summed E-state index contributed by atoms with van der Waals surface area (Å²) in [6.07, 6.45) is 3.45. The Morgan fingerprint density at radius 3 is 2.80 bits per heavy atom. The second-order valence-corrected chi connectivity index (χ2v) is 7.54. The molecule has 2 aliphatic heterocycles. The van der Waals surface area contributed by atoms with E-state index in [0.717, 1.165) is 35.5 Å². The molecule has 8 nitrogen and oxygen atoms in total. The van der Waals surface area contributed by atoms with E-state index in [9.17, 15) is 9.18 Å². The van der Waals surface area contributed by atoms with Crippen molar-refractivity contribution >= 4 is 29.2 Å². The van der Waals surface area contributed by atoms with Crippen LogP contribution in [0.2, 0.25) is 0 Å². The lowest BCUT2D eigenvalue weighted by Gasteiger charge is -2.29. The Balaban J connectivity index is 0.000000687. The van der Waals surface area contributed by atoms with Gasteiger partial charge in [0.2, 0.25) is 5.91 Å². The number of aromatic nitrogens is 3. The summed E-state index contributed by atoms with van der Waals surface area (Å²) in [5, 5.41) is 7.89. The average Bonchev–Trinajstić information content (AvgIpc) is 3.42. The quantitative estimate of drug-likeness (QED) is 0.628. The first-order valence-electron chi connectivity index (χ1n) is 9.67. The average molecular weight is 411 g/mol. The third-order valence-electron chi connectivity index (χ3n) is 5.89. The number of benzene rings is 1. The van der Waals surface area contributed by atoms with Crippen molar-refractivity contribution in [1.82, 2.24) is 19.9 Å². The van der Waals surface area contributed by atoms with Gasteiger partial charge in [-0.05, 0) is 23.8 Å². The van der Waals surface area contributed by atoms with Crippen LogP contribution in [0.4, 0.5) is 10.2 Å². The molecule has 2 saturated heterocycles. The Bertz CT molecular complexity index is 1070. The normalized spacial score (nSPS) is 22.5. The lowest BCUT2D eigenvalue weighted by Crippen LogP contribution is -2.34. The minimum Gasteiger partial charge on any atom is -0.483 e. The monoisotopic (exact) mass is 411 g/mol. The number of amides is 1. The number of H-pyrrole nitrogens is 1. The highest BCUT2D eigenvalue weighted by molar-refractivity contribution is 5.87. The maximum atomic E-state index is 13.8. The minimum atomic E-state index is -0.265. The lowest BCUT2D eigenvalue weighted by molar-refractivity contribution is -0.130. The smallest absolute Gasteiger partial charge is 0.290 e. The van der Waals surface area contributed by atoms with Gasteiger partial charge in [-0.3, -0.25) is 9.59 Å². The summed E-state index contributed by atoms with van der Waals surface area (Å²) in [5.41, 5.74) is 1.69. The number of carbonyl (C=O) groups is 2. The number of aromatic amines is 1. The molecule has 9 heteroatoms. The standard InChI is InChI=1S/C20H20FN5O.CH2O2/c1-12(27)26-9-14-8-25(20-16-5-6-22-19(16)23-11-24-20)10-17(14)18(26)13-3-2-4-15(21)7-13;2-1-3/h2-7,11,14,17-18H,8-10H2,1H3,(H,22,23,24);1H,(H,2,3)/t14-,17-,18+;/m1./s1. The number of halogens is 1. The van der Waals surface area contributed by atoms with Gasteiger partial charge in [0.05, 0.1) is 11.4 Å². The van der Waals surface area contributed by atoms with E-state index in [-0.39, 0.29) is 30.2 Å². The molecule has 4 heterocycles. The van der Waals surface area contributed by atoms with Crippen LogP contribution in [0.25, 0.3) is 11.0 Å². The molecule has 156 valence electrons. The molecule has 2 aliphatic rings. The van der Waals surface area contributed by atoms with Gasteiger partial charge in [0.1, 0.15) is 23.6 Å². The Kier molecular flexibility index (Phi) is 5.35. The summed E-state index contributed by atoms with van der Waals surface area (Å²) in [5.74, 6) is 1.29. The van der Waals surface area contributed by atoms with Gasteiger partial charge in [-0.25, -0.2) is 14.4 Å². The minimum absolute atomic E-state index is 0.0419. The van der Waals surface area contributed by atoms with Gasteiger partial charge < -0.3 is 19.9 Å². The number of anilines is 1. The Morgan fingerprint density at radius 1 is 1.27 bits per heavy atom. The van der Waals surface area contributed by atoms with Crippen molar-refractivity contribution in [2.75, 3.05) is 24.5 Å². The van der Waals surface area contributed by atoms with Crippen LogP contribution in [-0.4, -0.2) is 57.0 Å². The Morgan fingerprint density at radius 2 is 2.07 bits per heavy atom. The number of carboxylic acid groups (broad SMARTS) is 1. The third-order valence-corrected chi connectivity index (χ3v) is 5.89. The Hall–Kier alpha value is -3.49. The highest BCUT2D eigenvalue weighted by atomic mass is 19.1. The largest absolute Gasteiger partial charge is 0.483 e. The summed E-state index contributed by atoms with van der Waals surface area (Å²) < 4.78 is 13.8. The van der Waals surface area contributed by atoms with Crippen molar-refractivity contribution in [2.45, 2.75) is 13.0 Å². The molecule has 0 unspecified atom stereocenters. The molecule has 2 fully saturated rings. The summed E-state index contributed by atoms with van der Waals surface area (Å²) in [6.45, 7) is 3.66. The van der Waals surface area contributed by atoms with Gasteiger partial charge in [-0.2, -0.15) is 0 Å². The van der Waals surface area contributed by atoms with Crippen LogP contribution >= 0.6 is 0 Å². The molecule has 1 amide bonds. The molecule has 0 aliphatic carbocycles. The fraction of sp³-hybridized carbons (Fsp3) is 0.333. The predicted molar refractivity (Wildman–Crippen MR) is 108 cm³/mol. The van der Waals surface area contributed by atoms with E-state index in [4.69, 9.17) is 9.90 Å². The molecule has 5 rings (SSSR count). The van der Waals surface area contributed by atoms with Crippen LogP contribution in [0.1, 0.15) is 18.5 Å². The predicted octanol–water partition coefficient (Wildman–Crippen LogP) is 2.45. The van der Waals surface area contributed by atoms with Crippen LogP contribution in [0, 0.1) is 17.7 Å². The summed E-state index contributed by atoms with van der Waals surface area (Å²) in [4.78, 5) is 36.7. The van der Waals surface area contributed by atoms with Crippen molar-refractivity contribution in [2.24, 2.45) is 11.8 Å². The fourth-order valence-electron chi connectivity index (χ4n) is 4.77. The van der Waals surface area contributed by atoms with Gasteiger partial charge in [0.15, 0.2) is 0 Å². The molecular formula is C21H22FN5O3. The van der Waals surface area contributed by atoms with E-state index in [2.05, 4.69) is 19.9 Å². The van der Waals surface area contributed by atoms with Crippen LogP contribution in [-0.2, 0) is 9.59 Å². The van der Waals surface area contributed by atoms with E-state index in [0.29, 0.717) is 12.5 Å². The first-order valence-corrected chi connectivity index (χ1v) is 9.67. The third kappa shape index (κ3) is 3.47. The molecule has 3 aromatic rings. The number of hydrogen-bond acceptors (Lipinski definition) is 5. The molecule has 3 atom stereocenters. The Labute approximate surface area is 172 Å². The number of carbonyl (C=O) groups excluding carboxylic acids is 1. The van der Waals surface area contributed by atoms with E-state index in [1.54, 1.807) is 25.4 Å². The van der Waals surface area contributed by atoms with Gasteiger partial charge in [0, 0.05) is 44.6 Å². The van der Waals surface area contributed by atoms with Gasteiger partial charge in [0.25, 0.3) is 6.47 Å². The molecule has 1 aromatic carbocycles. The van der Waals surface area contributed by atoms with Crippen LogP contribution < -0.4 is 4.90 Å². The van der Waals surface area contributed by atoms with E-state index >= 15 is 0 Å². The number of nitrogens with one attached hydrogen (secondary N) is 1. The zero-order valence-corrected chi connectivity index (χ0v) is 16.4. The molecule has 2 aromatic heterocycles. The SMILES string of the molecule is CC(=O)N1C[C@H]2CN(c3ncnc4[nH]ccc34)C[C@H]2[C@@H]1c1cccc(F)c1.O=CO. The number of likely N-dealkylation sites (tertiary alicyclic amines) is 1. The van der Waals surface area contributed by atoms with Gasteiger partial charge in [-0.15, -0.1) is 0 Å². The van der Waals surface area contributed by atoms with Gasteiger partial charge in [-0.1, -0.05) is 12.1 Å². The van der Waals surface area contributed by atoms with Crippen LogP contribution in [0.15, 0.2) is 42.9 Å². The molecule has 0 saturated carbocycles. The van der Waals surface area contributed by atoms with E-state index < -0.39 is 0 Å². The fourth-order valence-corrected chi connectivity index (χ4v) is 4.77. The molecule has 30 heavy (non-hydrogen) atoms. The summed E-state index contributed by atoms with van der Waals surface area (Å²) in [6, 6.07) is 8.53. The topological polar surface area (TPSA) is 102 Å². The van der Waals surface area contributed by atoms with Crippen molar-refractivity contribution in [3.8, 4) is 0 Å². The van der Waals surface area contributed by atoms with Gasteiger partial charge >= 0.3 is 0 Å². The molecule has 0 spiro atoms. The van der Waals surface area contributed by atoms with Crippen LogP contribution in [0.5, 0.6) is 0 Å². The van der Waals surface area contributed by atoms with Crippen molar-refractivity contribution in [3.63, 3.8) is 0 Å². The first-order chi connectivity index (χ1) is 14.5.